The number of carbonyl (C=O) groups is 2. The van der Waals surface area contributed by atoms with E-state index in [0.29, 0.717) is 65.1 Å². The predicted octanol–water partition coefficient (Wildman–Crippen LogP) is 8.24. The number of carbonyl (C=O) groups excluding carboxylic acids is 2. The quantitative estimate of drug-likeness (QED) is 0.105. The second kappa shape index (κ2) is 17.2. The van der Waals surface area contributed by atoms with E-state index in [-0.39, 0.29) is 41.1 Å². The number of benzene rings is 1. The van der Waals surface area contributed by atoms with Crippen LogP contribution in [0, 0.1) is 5.82 Å². The fraction of sp³-hybridized carbons (Fsp3) is 0.556. The summed E-state index contributed by atoms with van der Waals surface area (Å²) in [7, 11) is -1.93. The van der Waals surface area contributed by atoms with E-state index in [1.807, 2.05) is 34.6 Å². The van der Waals surface area contributed by atoms with Crippen molar-refractivity contribution in [3.05, 3.63) is 47.5 Å². The third kappa shape index (κ3) is 11.6. The molecule has 3 aromatic rings. The average Bonchev–Trinajstić information content (AvgIpc) is 3.02. The van der Waals surface area contributed by atoms with Crippen molar-refractivity contribution in [3.8, 4) is 11.3 Å². The summed E-state index contributed by atoms with van der Waals surface area (Å²) < 4.78 is 26.8. The number of hydrogen-bond acceptors (Lipinski definition) is 11. The minimum absolute atomic E-state index is 0.0662. The highest BCUT2D eigenvalue weighted by molar-refractivity contribution is 7.99. The molecule has 2 N–H and O–H groups in total. The van der Waals surface area contributed by atoms with E-state index < -0.39 is 19.7 Å². The molecule has 16 heteroatoms. The molecule has 2 atom stereocenters. The molecule has 1 aliphatic heterocycles. The van der Waals surface area contributed by atoms with Crippen LogP contribution >= 0.6 is 23.4 Å². The average molecular weight is 775 g/mol. The molecule has 2 unspecified atom stereocenters. The molecule has 0 saturated carbocycles. The van der Waals surface area contributed by atoms with Crippen LogP contribution in [0.15, 0.2) is 41.7 Å². The van der Waals surface area contributed by atoms with Crippen LogP contribution in [0.5, 0.6) is 0 Å². The first-order valence-electron chi connectivity index (χ1n) is 17.4. The maximum absolute atomic E-state index is 14.8. The number of amides is 2. The molecule has 1 aromatic carbocycles. The van der Waals surface area contributed by atoms with Crippen LogP contribution in [0.1, 0.15) is 61.8 Å². The number of aromatic nitrogens is 4. The van der Waals surface area contributed by atoms with Gasteiger partial charge in [-0.2, -0.15) is 0 Å². The normalized spacial score (nSPS) is 17.2. The second-order valence-electron chi connectivity index (χ2n) is 15.6. The molecule has 284 valence electrons. The zero-order valence-electron chi connectivity index (χ0n) is 31.8. The Labute approximate surface area is 317 Å². The van der Waals surface area contributed by atoms with Crippen molar-refractivity contribution < 1.29 is 23.1 Å². The highest BCUT2D eigenvalue weighted by Gasteiger charge is 2.37. The monoisotopic (exact) mass is 774 g/mol. The molecular weight excluding hydrogens is 723 g/mol. The largest absolute Gasteiger partial charge is 0.444 e. The van der Waals surface area contributed by atoms with Crippen molar-refractivity contribution in [2.45, 2.75) is 103 Å². The summed E-state index contributed by atoms with van der Waals surface area (Å²) in [4.78, 5) is 38.4. The Hall–Kier alpha value is -3.37. The molecule has 12 nitrogen and oxygen atoms in total. The van der Waals surface area contributed by atoms with E-state index in [1.165, 1.54) is 36.3 Å². The molecule has 1 saturated heterocycles. The molecule has 2 amide bonds. The number of rotatable bonds is 12. The van der Waals surface area contributed by atoms with Gasteiger partial charge in [0.2, 0.25) is 5.91 Å². The summed E-state index contributed by atoms with van der Waals surface area (Å²) >= 11 is 7.64. The van der Waals surface area contributed by atoms with Gasteiger partial charge in [-0.3, -0.25) is 9.69 Å². The maximum atomic E-state index is 14.8. The number of nitrogens with zero attached hydrogens (tertiary/aromatic N) is 6. The van der Waals surface area contributed by atoms with Gasteiger partial charge in [-0.15, -0.1) is 22.0 Å². The Morgan fingerprint density at radius 1 is 1.02 bits per heavy atom. The van der Waals surface area contributed by atoms with Gasteiger partial charge in [-0.1, -0.05) is 32.4 Å². The van der Waals surface area contributed by atoms with E-state index in [9.17, 15) is 14.0 Å². The first-order chi connectivity index (χ1) is 24.2. The minimum Gasteiger partial charge on any atom is -0.444 e. The molecule has 0 spiro atoms. The van der Waals surface area contributed by atoms with Gasteiger partial charge in [0, 0.05) is 67.2 Å². The van der Waals surface area contributed by atoms with E-state index in [0.717, 1.165) is 0 Å². The van der Waals surface area contributed by atoms with E-state index in [2.05, 4.69) is 69.6 Å². The number of nitrogens with one attached hydrogen (secondary N) is 2. The lowest BCUT2D eigenvalue weighted by molar-refractivity contribution is -0.116. The first-order valence-corrected chi connectivity index (χ1v) is 21.7. The zero-order valence-corrected chi connectivity index (χ0v) is 34.4. The Kier molecular flexibility index (Phi) is 13.7. The molecule has 4 rings (SSSR count). The minimum atomic E-state index is -1.93. The number of hydrogen-bond donors (Lipinski definition) is 2. The highest BCUT2D eigenvalue weighted by atomic mass is 35.5. The standard InChI is InChI=1S/C36H52ClFN8O4SSi/c1-23-20-45(21-24(2)46(23)34(48)50-35(3,4)5)14-13-32(47)42-31-19-30(39-22-40-31)41-29-18-28(26-17-25(37)11-12-27(26)38)43-44-33(29)51-16-15-49-52(9,10)36(6,7)8/h11-12,17-19,22-24H,13-16,20-21H2,1-10H3,(H2,39,40,41,42,43,47). The van der Waals surface area contributed by atoms with E-state index in [1.54, 1.807) is 17.0 Å². The van der Waals surface area contributed by atoms with Crippen molar-refractivity contribution in [2.75, 3.05) is 42.6 Å². The number of anilines is 3. The van der Waals surface area contributed by atoms with Gasteiger partial charge in [0.25, 0.3) is 0 Å². The van der Waals surface area contributed by atoms with Crippen LogP contribution in [-0.4, -0.2) is 100.0 Å². The fourth-order valence-corrected chi connectivity index (χ4v) is 7.53. The third-order valence-corrected chi connectivity index (χ3v) is 14.7. The predicted molar refractivity (Wildman–Crippen MR) is 208 cm³/mol. The summed E-state index contributed by atoms with van der Waals surface area (Å²) in [6.45, 7) is 22.9. The second-order valence-corrected chi connectivity index (χ2v) is 21.9. The Bertz CT molecular complexity index is 1710. The molecule has 52 heavy (non-hydrogen) atoms. The van der Waals surface area contributed by atoms with Crippen LogP contribution in [-0.2, 0) is 14.0 Å². The number of halogens is 2. The van der Waals surface area contributed by atoms with Gasteiger partial charge in [-0.25, -0.2) is 19.2 Å². The van der Waals surface area contributed by atoms with Crippen LogP contribution in [0.2, 0.25) is 23.2 Å². The molecule has 3 heterocycles. The summed E-state index contributed by atoms with van der Waals surface area (Å²) in [5.41, 5.74) is 0.484. The Balaban J connectivity index is 1.42. The fourth-order valence-electron chi connectivity index (χ4n) is 5.44. The maximum Gasteiger partial charge on any atom is 0.410 e. The molecule has 0 aliphatic carbocycles. The van der Waals surface area contributed by atoms with Crippen LogP contribution in [0.25, 0.3) is 11.3 Å². The number of thioether (sulfide) groups is 1. The van der Waals surface area contributed by atoms with Crippen LogP contribution in [0.3, 0.4) is 0 Å². The van der Waals surface area contributed by atoms with Crippen molar-refractivity contribution in [1.29, 1.82) is 0 Å². The van der Waals surface area contributed by atoms with E-state index in [4.69, 9.17) is 20.8 Å². The third-order valence-electron chi connectivity index (χ3n) is 9.01. The Morgan fingerprint density at radius 2 is 1.69 bits per heavy atom. The Morgan fingerprint density at radius 3 is 2.35 bits per heavy atom. The van der Waals surface area contributed by atoms with Gasteiger partial charge >= 0.3 is 6.09 Å². The lowest BCUT2D eigenvalue weighted by Crippen LogP contribution is -2.59. The van der Waals surface area contributed by atoms with E-state index >= 15 is 0 Å². The van der Waals surface area contributed by atoms with Crippen LogP contribution < -0.4 is 10.6 Å². The lowest BCUT2D eigenvalue weighted by Gasteiger charge is -2.44. The number of piperazine rings is 1. The summed E-state index contributed by atoms with van der Waals surface area (Å²) in [5.74, 6) is 0.657. The zero-order chi connectivity index (χ0) is 38.4. The smallest absolute Gasteiger partial charge is 0.410 e. The van der Waals surface area contributed by atoms with Crippen LogP contribution in [0.4, 0.5) is 26.5 Å². The first kappa shape index (κ1) is 41.4. The number of ether oxygens (including phenoxy) is 1. The van der Waals surface area contributed by atoms with Crippen molar-refractivity contribution in [3.63, 3.8) is 0 Å². The van der Waals surface area contributed by atoms with Crippen molar-refractivity contribution in [2.24, 2.45) is 0 Å². The molecule has 0 bridgehead atoms. The summed E-state index contributed by atoms with van der Waals surface area (Å²) in [6, 6.07) is 7.46. The summed E-state index contributed by atoms with van der Waals surface area (Å²) in [5, 5.41) is 15.9. The van der Waals surface area contributed by atoms with Gasteiger partial charge < -0.3 is 24.7 Å². The van der Waals surface area contributed by atoms with Crippen molar-refractivity contribution in [1.82, 2.24) is 30.0 Å². The SMILES string of the molecule is CC1CN(CCC(=O)Nc2cc(Nc3cc(-c4cc(Cl)ccc4F)nnc3SCCO[Si](C)(C)C(C)(C)C)ncn2)CC(C)N1C(=O)OC(C)(C)C. The van der Waals surface area contributed by atoms with Gasteiger partial charge in [-0.05, 0) is 77.0 Å². The summed E-state index contributed by atoms with van der Waals surface area (Å²) in [6.07, 6.45) is 1.26. The van der Waals surface area contributed by atoms with Gasteiger partial charge in [0.05, 0.1) is 11.4 Å². The molecular formula is C36H52ClFN8O4SSi. The molecule has 1 aliphatic rings. The molecule has 2 aromatic heterocycles. The topological polar surface area (TPSA) is 135 Å². The highest BCUT2D eigenvalue weighted by Crippen LogP contribution is 2.37. The lowest BCUT2D eigenvalue weighted by atomic mass is 10.1. The van der Waals surface area contributed by atoms with Crippen molar-refractivity contribution >= 4 is 61.0 Å². The molecule has 0 radical (unpaired) electrons. The molecule has 1 fully saturated rings. The van der Waals surface area contributed by atoms with Gasteiger partial charge in [0.1, 0.15) is 34.4 Å². The van der Waals surface area contributed by atoms with Gasteiger partial charge in [0.15, 0.2) is 8.32 Å².